The van der Waals surface area contributed by atoms with Gasteiger partial charge in [0.25, 0.3) is 0 Å². The minimum absolute atomic E-state index is 0.825. The van der Waals surface area contributed by atoms with Gasteiger partial charge in [-0.15, -0.1) is 0 Å². The molecule has 2 rings (SSSR count). The van der Waals surface area contributed by atoms with Crippen molar-refractivity contribution >= 4 is 21.6 Å². The van der Waals surface area contributed by atoms with E-state index in [9.17, 15) is 0 Å². The number of hydrogen-bond donors (Lipinski definition) is 1. The number of methoxy groups -OCH3 is 1. The maximum Gasteiger partial charge on any atom is 0.161 e. The summed E-state index contributed by atoms with van der Waals surface area (Å²) < 4.78 is 6.31. The second kappa shape index (κ2) is 4.81. The van der Waals surface area contributed by atoms with E-state index >= 15 is 0 Å². The van der Waals surface area contributed by atoms with Crippen LogP contribution in [0.5, 0.6) is 5.75 Å². The molecule has 0 radical (unpaired) electrons. The Morgan fingerprint density at radius 3 is 2.80 bits per heavy atom. The zero-order chi connectivity index (χ0) is 10.7. The van der Waals surface area contributed by atoms with Crippen LogP contribution < -0.4 is 15.0 Å². The average molecular weight is 272 g/mol. The van der Waals surface area contributed by atoms with Crippen LogP contribution in [-0.2, 0) is 0 Å². The van der Waals surface area contributed by atoms with Crippen molar-refractivity contribution in [1.82, 2.24) is 10.3 Å². The van der Waals surface area contributed by atoms with Crippen LogP contribution in [-0.4, -0.2) is 38.3 Å². The Bertz CT molecular complexity index is 339. The number of rotatable bonds is 2. The molecule has 0 spiro atoms. The lowest BCUT2D eigenvalue weighted by Gasteiger charge is -2.31. The van der Waals surface area contributed by atoms with Crippen LogP contribution in [0, 0.1) is 0 Å². The first-order chi connectivity index (χ1) is 7.33. The van der Waals surface area contributed by atoms with Crippen LogP contribution in [0.1, 0.15) is 0 Å². The number of halogens is 1. The Morgan fingerprint density at radius 1 is 1.40 bits per heavy atom. The van der Waals surface area contributed by atoms with Crippen molar-refractivity contribution in [2.24, 2.45) is 0 Å². The number of anilines is 1. The lowest BCUT2D eigenvalue weighted by atomic mass is 10.3. The number of piperazine rings is 1. The van der Waals surface area contributed by atoms with E-state index in [1.165, 1.54) is 0 Å². The number of ether oxygens (including phenoxy) is 1. The molecular weight excluding hydrogens is 258 g/mol. The van der Waals surface area contributed by atoms with Gasteiger partial charge in [-0.3, -0.25) is 4.98 Å². The summed E-state index contributed by atoms with van der Waals surface area (Å²) in [7, 11) is 1.68. The van der Waals surface area contributed by atoms with Gasteiger partial charge in [0.2, 0.25) is 0 Å². The molecular formula is C10H14BrN3O. The molecule has 1 aliphatic heterocycles. The highest BCUT2D eigenvalue weighted by atomic mass is 79.9. The molecule has 15 heavy (non-hydrogen) atoms. The first-order valence-corrected chi connectivity index (χ1v) is 5.75. The number of nitrogens with zero attached hydrogens (tertiary/aromatic N) is 2. The Morgan fingerprint density at radius 2 is 2.13 bits per heavy atom. The standard InChI is InChI=1S/C10H14BrN3O/c1-15-9-7-13-6-8(11)10(9)14-4-2-12-3-5-14/h6-7,12H,2-5H2,1H3. The molecule has 1 aromatic rings. The van der Waals surface area contributed by atoms with Crippen LogP contribution in [0.2, 0.25) is 0 Å². The summed E-state index contributed by atoms with van der Waals surface area (Å²) in [6.07, 6.45) is 3.56. The molecule has 1 fully saturated rings. The molecule has 2 heterocycles. The molecule has 0 aliphatic carbocycles. The van der Waals surface area contributed by atoms with Gasteiger partial charge >= 0.3 is 0 Å². The van der Waals surface area contributed by atoms with Gasteiger partial charge in [-0.05, 0) is 15.9 Å². The number of aromatic nitrogens is 1. The van der Waals surface area contributed by atoms with Crippen molar-refractivity contribution < 1.29 is 4.74 Å². The molecule has 5 heteroatoms. The lowest BCUT2D eigenvalue weighted by molar-refractivity contribution is 0.410. The van der Waals surface area contributed by atoms with E-state index in [-0.39, 0.29) is 0 Å². The minimum atomic E-state index is 0.825. The van der Waals surface area contributed by atoms with E-state index < -0.39 is 0 Å². The molecule has 0 amide bonds. The quantitative estimate of drug-likeness (QED) is 0.879. The largest absolute Gasteiger partial charge is 0.493 e. The van der Waals surface area contributed by atoms with Gasteiger partial charge in [0.05, 0.1) is 23.5 Å². The summed E-state index contributed by atoms with van der Waals surface area (Å²) in [5.41, 5.74) is 1.11. The first-order valence-electron chi connectivity index (χ1n) is 4.96. The third kappa shape index (κ3) is 2.23. The summed E-state index contributed by atoms with van der Waals surface area (Å²) in [4.78, 5) is 6.40. The van der Waals surface area contributed by atoms with Gasteiger partial charge in [-0.1, -0.05) is 0 Å². The molecule has 1 aromatic heterocycles. The molecule has 1 saturated heterocycles. The predicted molar refractivity (Wildman–Crippen MR) is 63.6 cm³/mol. The van der Waals surface area contributed by atoms with Gasteiger partial charge in [0.15, 0.2) is 5.75 Å². The Kier molecular flexibility index (Phi) is 3.43. The van der Waals surface area contributed by atoms with Crippen LogP contribution in [0.25, 0.3) is 0 Å². The first kappa shape index (κ1) is 10.7. The third-order valence-corrected chi connectivity index (χ3v) is 3.07. The monoisotopic (exact) mass is 271 g/mol. The van der Waals surface area contributed by atoms with Gasteiger partial charge in [0, 0.05) is 32.4 Å². The molecule has 0 atom stereocenters. The zero-order valence-electron chi connectivity index (χ0n) is 8.66. The second-order valence-electron chi connectivity index (χ2n) is 3.41. The molecule has 4 nitrogen and oxygen atoms in total. The number of nitrogens with one attached hydrogen (secondary N) is 1. The van der Waals surface area contributed by atoms with Crippen molar-refractivity contribution in [3.63, 3.8) is 0 Å². The van der Waals surface area contributed by atoms with E-state index in [2.05, 4.69) is 31.1 Å². The molecule has 0 aromatic carbocycles. The van der Waals surface area contributed by atoms with Crippen molar-refractivity contribution in [3.8, 4) is 5.75 Å². The van der Waals surface area contributed by atoms with E-state index in [1.807, 2.05) is 0 Å². The number of pyridine rings is 1. The number of hydrogen-bond acceptors (Lipinski definition) is 4. The van der Waals surface area contributed by atoms with Gasteiger partial charge in [-0.25, -0.2) is 0 Å². The SMILES string of the molecule is COc1cncc(Br)c1N1CCNCC1. The fourth-order valence-corrected chi connectivity index (χ4v) is 2.32. The van der Waals surface area contributed by atoms with E-state index in [0.717, 1.165) is 42.1 Å². The summed E-state index contributed by atoms with van der Waals surface area (Å²) in [6.45, 7) is 4.02. The lowest BCUT2D eigenvalue weighted by Crippen LogP contribution is -2.43. The van der Waals surface area contributed by atoms with Crippen molar-refractivity contribution in [3.05, 3.63) is 16.9 Å². The van der Waals surface area contributed by atoms with Crippen LogP contribution in [0.4, 0.5) is 5.69 Å². The highest BCUT2D eigenvalue weighted by molar-refractivity contribution is 9.10. The molecule has 1 N–H and O–H groups in total. The molecule has 0 bridgehead atoms. The second-order valence-corrected chi connectivity index (χ2v) is 4.26. The maximum atomic E-state index is 5.32. The average Bonchev–Trinajstić information content (AvgIpc) is 2.29. The van der Waals surface area contributed by atoms with Gasteiger partial charge < -0.3 is 15.0 Å². The molecule has 0 saturated carbocycles. The summed E-state index contributed by atoms with van der Waals surface area (Å²) in [5, 5.41) is 3.33. The smallest absolute Gasteiger partial charge is 0.161 e. The fourth-order valence-electron chi connectivity index (χ4n) is 1.76. The summed E-state index contributed by atoms with van der Waals surface area (Å²) >= 11 is 3.52. The molecule has 0 unspecified atom stereocenters. The normalized spacial score (nSPS) is 16.5. The van der Waals surface area contributed by atoms with Gasteiger partial charge in [0.1, 0.15) is 0 Å². The summed E-state index contributed by atoms with van der Waals surface area (Å²) in [6, 6.07) is 0. The Labute approximate surface area is 97.8 Å². The Hall–Kier alpha value is -0.810. The van der Waals surface area contributed by atoms with E-state index in [1.54, 1.807) is 19.5 Å². The van der Waals surface area contributed by atoms with Crippen molar-refractivity contribution in [2.45, 2.75) is 0 Å². The fraction of sp³-hybridized carbons (Fsp3) is 0.500. The summed E-state index contributed by atoms with van der Waals surface area (Å²) in [5.74, 6) is 0.825. The predicted octanol–water partition coefficient (Wildman–Crippen LogP) is 1.26. The van der Waals surface area contributed by atoms with E-state index in [0.29, 0.717) is 0 Å². The van der Waals surface area contributed by atoms with Crippen LogP contribution in [0.15, 0.2) is 16.9 Å². The van der Waals surface area contributed by atoms with Crippen LogP contribution in [0.3, 0.4) is 0 Å². The molecule has 82 valence electrons. The maximum absolute atomic E-state index is 5.32. The molecule has 1 aliphatic rings. The highest BCUT2D eigenvalue weighted by Crippen LogP contribution is 2.34. The van der Waals surface area contributed by atoms with Crippen molar-refractivity contribution in [2.75, 3.05) is 38.2 Å². The third-order valence-electron chi connectivity index (χ3n) is 2.49. The van der Waals surface area contributed by atoms with Crippen LogP contribution >= 0.6 is 15.9 Å². The topological polar surface area (TPSA) is 37.4 Å². The highest BCUT2D eigenvalue weighted by Gasteiger charge is 2.17. The van der Waals surface area contributed by atoms with E-state index in [4.69, 9.17) is 4.74 Å². The Balaban J connectivity index is 2.31. The van der Waals surface area contributed by atoms with Crippen molar-refractivity contribution in [1.29, 1.82) is 0 Å². The minimum Gasteiger partial charge on any atom is -0.493 e. The zero-order valence-corrected chi connectivity index (χ0v) is 10.2. The van der Waals surface area contributed by atoms with Gasteiger partial charge in [-0.2, -0.15) is 0 Å².